The second-order valence-corrected chi connectivity index (χ2v) is 4.75. The Kier molecular flexibility index (Phi) is 4.36. The highest BCUT2D eigenvalue weighted by Gasteiger charge is 2.16. The molecule has 0 saturated heterocycles. The number of rotatable bonds is 5. The third kappa shape index (κ3) is 4.49. The summed E-state index contributed by atoms with van der Waals surface area (Å²) in [6, 6.07) is 3.66. The number of aliphatic hydroxyl groups excluding tert-OH is 1. The summed E-state index contributed by atoms with van der Waals surface area (Å²) in [4.78, 5) is 3.91. The second kappa shape index (κ2) is 5.33. The maximum atomic E-state index is 8.88. The van der Waals surface area contributed by atoms with Gasteiger partial charge in [0.1, 0.15) is 5.15 Å². The predicted octanol–water partition coefficient (Wildman–Crippen LogP) is 2.56. The molecule has 0 aromatic carbocycles. The van der Waals surface area contributed by atoms with E-state index in [9.17, 15) is 0 Å². The fraction of sp³-hybridized carbons (Fsp3) is 0.545. The first-order chi connectivity index (χ1) is 7.03. The average Bonchev–Trinajstić information content (AvgIpc) is 2.15. The van der Waals surface area contributed by atoms with Crippen molar-refractivity contribution in [2.45, 2.75) is 20.3 Å². The second-order valence-electron chi connectivity index (χ2n) is 4.36. The highest BCUT2D eigenvalue weighted by atomic mass is 35.5. The summed E-state index contributed by atoms with van der Waals surface area (Å²) in [5, 5.41) is 12.6. The molecule has 0 bridgehead atoms. The molecule has 15 heavy (non-hydrogen) atoms. The maximum absolute atomic E-state index is 8.88. The predicted molar refractivity (Wildman–Crippen MR) is 63.2 cm³/mol. The molecule has 1 aromatic heterocycles. The minimum Gasteiger partial charge on any atom is -0.396 e. The minimum absolute atomic E-state index is 0.0739. The molecule has 1 aromatic rings. The van der Waals surface area contributed by atoms with Gasteiger partial charge in [0.05, 0.1) is 0 Å². The molecule has 0 aliphatic rings. The Balaban J connectivity index is 2.49. The van der Waals surface area contributed by atoms with Crippen molar-refractivity contribution in [1.29, 1.82) is 0 Å². The van der Waals surface area contributed by atoms with Crippen molar-refractivity contribution in [2.24, 2.45) is 5.41 Å². The van der Waals surface area contributed by atoms with E-state index in [1.165, 1.54) is 0 Å². The molecule has 4 heteroatoms. The summed E-state index contributed by atoms with van der Waals surface area (Å²) in [5.41, 5.74) is 1.03. The summed E-state index contributed by atoms with van der Waals surface area (Å²) in [7, 11) is 0. The van der Waals surface area contributed by atoms with Crippen LogP contribution < -0.4 is 5.32 Å². The van der Waals surface area contributed by atoms with E-state index in [-0.39, 0.29) is 12.0 Å². The molecule has 84 valence electrons. The summed E-state index contributed by atoms with van der Waals surface area (Å²) in [6.07, 6.45) is 2.45. The molecule has 0 radical (unpaired) electrons. The molecule has 1 rings (SSSR count). The maximum Gasteiger partial charge on any atom is 0.131 e. The number of aromatic nitrogens is 1. The number of nitrogens with zero attached hydrogens (tertiary/aromatic N) is 1. The van der Waals surface area contributed by atoms with Crippen molar-refractivity contribution >= 4 is 17.3 Å². The third-order valence-electron chi connectivity index (χ3n) is 2.29. The lowest BCUT2D eigenvalue weighted by molar-refractivity contribution is 0.220. The van der Waals surface area contributed by atoms with Crippen LogP contribution in [-0.4, -0.2) is 23.2 Å². The van der Waals surface area contributed by atoms with Gasteiger partial charge in [-0.1, -0.05) is 25.4 Å². The van der Waals surface area contributed by atoms with Gasteiger partial charge in [0.15, 0.2) is 0 Å². The molecule has 0 amide bonds. The fourth-order valence-corrected chi connectivity index (χ4v) is 1.42. The Morgan fingerprint density at radius 2 is 2.27 bits per heavy atom. The Labute approximate surface area is 95.5 Å². The Bertz CT molecular complexity index is 315. The van der Waals surface area contributed by atoms with Gasteiger partial charge in [-0.05, 0) is 24.0 Å². The topological polar surface area (TPSA) is 45.1 Å². The molecule has 0 spiro atoms. The lowest BCUT2D eigenvalue weighted by Gasteiger charge is -2.24. The smallest absolute Gasteiger partial charge is 0.131 e. The van der Waals surface area contributed by atoms with Crippen LogP contribution in [0.2, 0.25) is 5.15 Å². The summed E-state index contributed by atoms with van der Waals surface area (Å²) in [6.45, 7) is 5.23. The third-order valence-corrected chi connectivity index (χ3v) is 2.49. The van der Waals surface area contributed by atoms with Gasteiger partial charge in [-0.15, -0.1) is 0 Å². The van der Waals surface area contributed by atoms with E-state index < -0.39 is 0 Å². The van der Waals surface area contributed by atoms with Gasteiger partial charge in [0.2, 0.25) is 0 Å². The van der Waals surface area contributed by atoms with Crippen molar-refractivity contribution in [1.82, 2.24) is 4.98 Å². The Morgan fingerprint density at radius 1 is 1.53 bits per heavy atom. The van der Waals surface area contributed by atoms with Crippen LogP contribution in [0.25, 0.3) is 0 Å². The highest BCUT2D eigenvalue weighted by molar-refractivity contribution is 6.29. The van der Waals surface area contributed by atoms with E-state index in [2.05, 4.69) is 24.1 Å². The van der Waals surface area contributed by atoms with E-state index in [4.69, 9.17) is 16.7 Å². The lowest BCUT2D eigenvalue weighted by atomic mass is 9.90. The van der Waals surface area contributed by atoms with E-state index in [1.54, 1.807) is 12.3 Å². The molecule has 2 N–H and O–H groups in total. The molecule has 0 aliphatic carbocycles. The zero-order valence-corrected chi connectivity index (χ0v) is 9.88. The molecule has 0 saturated carbocycles. The van der Waals surface area contributed by atoms with Crippen molar-refractivity contribution < 1.29 is 5.11 Å². The summed E-state index contributed by atoms with van der Waals surface area (Å²) >= 11 is 5.76. The van der Waals surface area contributed by atoms with Gasteiger partial charge in [-0.25, -0.2) is 4.98 Å². The largest absolute Gasteiger partial charge is 0.396 e. The normalized spacial score (nSPS) is 11.5. The van der Waals surface area contributed by atoms with E-state index in [0.717, 1.165) is 18.7 Å². The Morgan fingerprint density at radius 3 is 2.87 bits per heavy atom. The SMILES string of the molecule is CC(C)(CCO)CNc1ccnc(Cl)c1. The molecule has 0 fully saturated rings. The first-order valence-electron chi connectivity index (χ1n) is 5.00. The van der Waals surface area contributed by atoms with Gasteiger partial charge in [0, 0.05) is 25.0 Å². The number of pyridine rings is 1. The van der Waals surface area contributed by atoms with Gasteiger partial charge in [-0.2, -0.15) is 0 Å². The molecule has 0 unspecified atom stereocenters. The van der Waals surface area contributed by atoms with Gasteiger partial charge in [-0.3, -0.25) is 0 Å². The zero-order valence-electron chi connectivity index (χ0n) is 9.13. The van der Waals surface area contributed by atoms with Crippen LogP contribution in [0, 0.1) is 5.41 Å². The quantitative estimate of drug-likeness (QED) is 0.762. The zero-order chi connectivity index (χ0) is 11.3. The van der Waals surface area contributed by atoms with Gasteiger partial charge >= 0.3 is 0 Å². The molecule has 1 heterocycles. The van der Waals surface area contributed by atoms with Crippen LogP contribution >= 0.6 is 11.6 Å². The van der Waals surface area contributed by atoms with Crippen molar-refractivity contribution in [3.05, 3.63) is 23.5 Å². The highest BCUT2D eigenvalue weighted by Crippen LogP contribution is 2.21. The van der Waals surface area contributed by atoms with Crippen molar-refractivity contribution in [3.63, 3.8) is 0 Å². The van der Waals surface area contributed by atoms with Gasteiger partial charge < -0.3 is 10.4 Å². The monoisotopic (exact) mass is 228 g/mol. The summed E-state index contributed by atoms with van der Waals surface area (Å²) in [5.74, 6) is 0. The number of aliphatic hydroxyl groups is 1. The first-order valence-corrected chi connectivity index (χ1v) is 5.37. The number of anilines is 1. The summed E-state index contributed by atoms with van der Waals surface area (Å²) < 4.78 is 0. The number of nitrogens with one attached hydrogen (secondary N) is 1. The molecule has 0 atom stereocenters. The molecular formula is C11H17ClN2O. The van der Waals surface area contributed by atoms with Crippen LogP contribution in [0.1, 0.15) is 20.3 Å². The average molecular weight is 229 g/mol. The van der Waals surface area contributed by atoms with Gasteiger partial charge in [0.25, 0.3) is 0 Å². The number of halogens is 1. The first kappa shape index (κ1) is 12.3. The van der Waals surface area contributed by atoms with E-state index in [0.29, 0.717) is 5.15 Å². The van der Waals surface area contributed by atoms with Crippen LogP contribution in [-0.2, 0) is 0 Å². The van der Waals surface area contributed by atoms with Crippen LogP contribution in [0.4, 0.5) is 5.69 Å². The number of hydrogen-bond donors (Lipinski definition) is 2. The lowest BCUT2D eigenvalue weighted by Crippen LogP contribution is -2.24. The van der Waals surface area contributed by atoms with Crippen molar-refractivity contribution in [3.8, 4) is 0 Å². The van der Waals surface area contributed by atoms with E-state index in [1.807, 2.05) is 6.07 Å². The van der Waals surface area contributed by atoms with Crippen LogP contribution in [0.3, 0.4) is 0 Å². The fourth-order valence-electron chi connectivity index (χ4n) is 1.24. The minimum atomic E-state index is 0.0739. The standard InChI is InChI=1S/C11H17ClN2O/c1-11(2,4-6-15)8-14-9-3-5-13-10(12)7-9/h3,5,7,15H,4,6,8H2,1-2H3,(H,13,14). The van der Waals surface area contributed by atoms with Crippen LogP contribution in [0.15, 0.2) is 18.3 Å². The van der Waals surface area contributed by atoms with Crippen molar-refractivity contribution in [2.75, 3.05) is 18.5 Å². The van der Waals surface area contributed by atoms with E-state index >= 15 is 0 Å². The molecule has 3 nitrogen and oxygen atoms in total. The molecular weight excluding hydrogens is 212 g/mol. The molecule has 0 aliphatic heterocycles. The number of hydrogen-bond acceptors (Lipinski definition) is 3. The van der Waals surface area contributed by atoms with Crippen LogP contribution in [0.5, 0.6) is 0 Å². The Hall–Kier alpha value is -0.800.